The van der Waals surface area contributed by atoms with Gasteiger partial charge in [0.1, 0.15) is 12.4 Å². The number of ether oxygens (including phenoxy) is 1. The van der Waals surface area contributed by atoms with E-state index in [-0.39, 0.29) is 11.7 Å². The topological polar surface area (TPSA) is 48.9 Å². The van der Waals surface area contributed by atoms with Crippen molar-refractivity contribution in [1.82, 2.24) is 14.8 Å². The highest BCUT2D eigenvalue weighted by Gasteiger charge is 2.28. The van der Waals surface area contributed by atoms with Gasteiger partial charge in [0.25, 0.3) is 5.91 Å². The molecule has 2 aromatic carbocycles. The van der Waals surface area contributed by atoms with Gasteiger partial charge in [-0.1, -0.05) is 24.3 Å². The summed E-state index contributed by atoms with van der Waals surface area (Å²) in [5.74, 6) is 0.0776. The molecule has 0 spiro atoms. The highest BCUT2D eigenvalue weighted by molar-refractivity contribution is 6.00. The van der Waals surface area contributed by atoms with Crippen molar-refractivity contribution in [2.75, 3.05) is 52.3 Å². The number of carbonyl (C=O) groups is 1. The van der Waals surface area contributed by atoms with Crippen LogP contribution in [0.5, 0.6) is 5.75 Å². The predicted molar refractivity (Wildman–Crippen MR) is 128 cm³/mol. The Morgan fingerprint density at radius 2 is 1.94 bits per heavy atom. The van der Waals surface area contributed by atoms with Crippen molar-refractivity contribution in [1.29, 1.82) is 0 Å². The lowest BCUT2D eigenvalue weighted by Crippen LogP contribution is -2.36. The zero-order valence-electron chi connectivity index (χ0n) is 19.3. The minimum atomic E-state index is -0.327. The molecule has 0 aliphatic carbocycles. The van der Waals surface area contributed by atoms with Crippen molar-refractivity contribution in [3.63, 3.8) is 0 Å². The molecule has 0 atom stereocenters. The Kier molecular flexibility index (Phi) is 6.89. The molecule has 0 N–H and O–H groups in total. The summed E-state index contributed by atoms with van der Waals surface area (Å²) in [5.41, 5.74) is 3.39. The van der Waals surface area contributed by atoms with Gasteiger partial charge in [0.05, 0.1) is 17.8 Å². The fourth-order valence-electron chi connectivity index (χ4n) is 3.92. The van der Waals surface area contributed by atoms with E-state index in [1.165, 1.54) is 6.07 Å². The molecule has 0 unspecified atom stereocenters. The lowest BCUT2D eigenvalue weighted by molar-refractivity contribution is 0.0781. The van der Waals surface area contributed by atoms with Gasteiger partial charge in [-0.3, -0.25) is 9.78 Å². The Bertz CT molecular complexity index is 1120. The largest absolute Gasteiger partial charge is 0.489 e. The molecule has 33 heavy (non-hydrogen) atoms. The smallest absolute Gasteiger partial charge is 0.257 e. The Balaban J connectivity index is 1.79. The maximum atomic E-state index is 14.7. The van der Waals surface area contributed by atoms with Crippen LogP contribution in [-0.4, -0.2) is 68.1 Å². The quantitative estimate of drug-likeness (QED) is 0.548. The highest BCUT2D eigenvalue weighted by Crippen LogP contribution is 2.40. The van der Waals surface area contributed by atoms with Gasteiger partial charge in [0, 0.05) is 44.6 Å². The SMILES string of the molecule is CN(C)CCN(C)C(=O)c1cc(-c2ccccc2F)cc2c1OCCN2Cc1cccnc1. The van der Waals surface area contributed by atoms with Gasteiger partial charge >= 0.3 is 0 Å². The van der Waals surface area contributed by atoms with Gasteiger partial charge < -0.3 is 19.4 Å². The summed E-state index contributed by atoms with van der Waals surface area (Å²) in [7, 11) is 5.72. The van der Waals surface area contributed by atoms with Crippen LogP contribution in [0.1, 0.15) is 15.9 Å². The second-order valence-corrected chi connectivity index (χ2v) is 8.51. The Hall–Kier alpha value is -3.45. The van der Waals surface area contributed by atoms with Crippen LogP contribution in [0.4, 0.5) is 10.1 Å². The number of carbonyl (C=O) groups excluding carboxylic acids is 1. The third kappa shape index (κ3) is 5.14. The number of aromatic nitrogens is 1. The van der Waals surface area contributed by atoms with Crippen molar-refractivity contribution in [3.8, 4) is 16.9 Å². The monoisotopic (exact) mass is 448 g/mol. The van der Waals surface area contributed by atoms with Crippen LogP contribution in [0.3, 0.4) is 0 Å². The molecule has 4 rings (SSSR count). The number of hydrogen-bond donors (Lipinski definition) is 0. The van der Waals surface area contributed by atoms with E-state index in [9.17, 15) is 9.18 Å². The summed E-state index contributed by atoms with van der Waals surface area (Å²) < 4.78 is 20.7. The van der Waals surface area contributed by atoms with Gasteiger partial charge in [-0.15, -0.1) is 0 Å². The molecule has 0 saturated heterocycles. The van der Waals surface area contributed by atoms with E-state index in [0.29, 0.717) is 48.7 Å². The Labute approximate surface area is 194 Å². The maximum absolute atomic E-state index is 14.7. The third-order valence-electron chi connectivity index (χ3n) is 5.76. The van der Waals surface area contributed by atoms with Gasteiger partial charge in [-0.25, -0.2) is 4.39 Å². The van der Waals surface area contributed by atoms with E-state index in [2.05, 4.69) is 9.88 Å². The molecule has 172 valence electrons. The van der Waals surface area contributed by atoms with Crippen molar-refractivity contribution >= 4 is 11.6 Å². The highest BCUT2D eigenvalue weighted by atomic mass is 19.1. The Morgan fingerprint density at radius 1 is 1.12 bits per heavy atom. The van der Waals surface area contributed by atoms with Crippen molar-refractivity contribution < 1.29 is 13.9 Å². The van der Waals surface area contributed by atoms with Crippen LogP contribution in [0.2, 0.25) is 0 Å². The van der Waals surface area contributed by atoms with Crippen molar-refractivity contribution in [2.24, 2.45) is 0 Å². The number of halogens is 1. The predicted octanol–water partition coefficient (Wildman–Crippen LogP) is 3.92. The fourth-order valence-corrected chi connectivity index (χ4v) is 3.92. The van der Waals surface area contributed by atoms with Crippen LogP contribution in [0.15, 0.2) is 60.9 Å². The van der Waals surface area contributed by atoms with E-state index < -0.39 is 0 Å². The van der Waals surface area contributed by atoms with Crippen LogP contribution >= 0.6 is 0 Å². The average molecular weight is 449 g/mol. The first-order chi connectivity index (χ1) is 15.9. The van der Waals surface area contributed by atoms with Gasteiger partial charge in [0.15, 0.2) is 5.75 Å². The number of anilines is 1. The summed E-state index contributed by atoms with van der Waals surface area (Å²) in [4.78, 5) is 23.6. The second kappa shape index (κ2) is 10.0. The molecule has 1 aliphatic rings. The normalized spacial score (nSPS) is 12.9. The number of amides is 1. The molecule has 0 saturated carbocycles. The number of rotatable bonds is 7. The first kappa shape index (κ1) is 22.7. The third-order valence-corrected chi connectivity index (χ3v) is 5.76. The molecule has 1 aliphatic heterocycles. The first-order valence-corrected chi connectivity index (χ1v) is 11.0. The first-order valence-electron chi connectivity index (χ1n) is 11.0. The van der Waals surface area contributed by atoms with Gasteiger partial charge in [-0.05, 0) is 49.5 Å². The maximum Gasteiger partial charge on any atom is 0.257 e. The molecule has 7 heteroatoms. The van der Waals surface area contributed by atoms with Gasteiger partial charge in [-0.2, -0.15) is 0 Å². The molecule has 0 radical (unpaired) electrons. The minimum absolute atomic E-state index is 0.144. The minimum Gasteiger partial charge on any atom is -0.489 e. The molecule has 0 bridgehead atoms. The van der Waals surface area contributed by atoms with Crippen molar-refractivity contribution in [2.45, 2.75) is 6.54 Å². The Morgan fingerprint density at radius 3 is 2.67 bits per heavy atom. The number of fused-ring (bicyclic) bond motifs is 1. The van der Waals surface area contributed by atoms with Crippen molar-refractivity contribution in [3.05, 3.63) is 77.9 Å². The standard InChI is InChI=1S/C26H29FN4O2/c1-29(2)11-12-30(3)26(32)22-15-20(21-8-4-5-9-23(21)27)16-24-25(22)33-14-13-31(24)18-19-7-6-10-28-17-19/h4-10,15-17H,11-14,18H2,1-3H3. The van der Waals surface area contributed by atoms with Crippen LogP contribution in [0, 0.1) is 5.82 Å². The van der Waals surface area contributed by atoms with E-state index in [1.807, 2.05) is 43.4 Å². The summed E-state index contributed by atoms with van der Waals surface area (Å²) in [6.07, 6.45) is 3.57. The van der Waals surface area contributed by atoms with Crippen LogP contribution < -0.4 is 9.64 Å². The van der Waals surface area contributed by atoms with E-state index in [1.54, 1.807) is 42.4 Å². The summed E-state index contributed by atoms with van der Waals surface area (Å²) in [5, 5.41) is 0. The molecular formula is C26H29FN4O2. The van der Waals surface area contributed by atoms with Crippen LogP contribution in [-0.2, 0) is 6.54 Å². The molecule has 1 aromatic heterocycles. The number of pyridine rings is 1. The molecule has 0 fully saturated rings. The fraction of sp³-hybridized carbons (Fsp3) is 0.308. The van der Waals surface area contributed by atoms with Gasteiger partial charge in [0.2, 0.25) is 0 Å². The second-order valence-electron chi connectivity index (χ2n) is 8.51. The van der Waals surface area contributed by atoms with E-state index >= 15 is 0 Å². The molecule has 3 aromatic rings. The number of benzene rings is 2. The average Bonchev–Trinajstić information content (AvgIpc) is 2.82. The van der Waals surface area contributed by atoms with E-state index in [0.717, 1.165) is 17.8 Å². The lowest BCUT2D eigenvalue weighted by Gasteiger charge is -2.33. The molecule has 6 nitrogen and oxygen atoms in total. The molecular weight excluding hydrogens is 419 g/mol. The number of nitrogens with zero attached hydrogens (tertiary/aromatic N) is 4. The summed E-state index contributed by atoms with van der Waals surface area (Å²) >= 11 is 0. The summed E-state index contributed by atoms with van der Waals surface area (Å²) in [6, 6.07) is 14.2. The number of likely N-dealkylation sites (N-methyl/N-ethyl adjacent to an activating group) is 2. The zero-order valence-corrected chi connectivity index (χ0v) is 19.3. The zero-order chi connectivity index (χ0) is 23.4. The molecule has 2 heterocycles. The van der Waals surface area contributed by atoms with Crippen LogP contribution in [0.25, 0.3) is 11.1 Å². The molecule has 1 amide bonds. The lowest BCUT2D eigenvalue weighted by atomic mass is 9.98. The van der Waals surface area contributed by atoms with E-state index in [4.69, 9.17) is 4.74 Å². The summed E-state index contributed by atoms with van der Waals surface area (Å²) in [6.45, 7) is 3.06. The number of hydrogen-bond acceptors (Lipinski definition) is 5.